The van der Waals surface area contributed by atoms with Crippen LogP contribution in [0.3, 0.4) is 0 Å². The Morgan fingerprint density at radius 1 is 1.64 bits per heavy atom. The number of carbonyl (C=O) groups is 1. The van der Waals surface area contributed by atoms with Gasteiger partial charge < -0.3 is 4.74 Å². The first-order valence-electron chi connectivity index (χ1n) is 4.37. The van der Waals surface area contributed by atoms with Crippen LogP contribution in [-0.2, 0) is 9.53 Å². The van der Waals surface area contributed by atoms with E-state index in [2.05, 4.69) is 6.92 Å². The van der Waals surface area contributed by atoms with Crippen molar-refractivity contribution in [3.05, 3.63) is 0 Å². The van der Waals surface area contributed by atoms with Crippen LogP contribution in [0.25, 0.3) is 0 Å². The Hall–Kier alpha value is -0.370. The van der Waals surface area contributed by atoms with Crippen LogP contribution >= 0.6 is 0 Å². The van der Waals surface area contributed by atoms with Crippen molar-refractivity contribution < 1.29 is 9.53 Å². The maximum Gasteiger partial charge on any atom is 0.158 e. The van der Waals surface area contributed by atoms with Crippen LogP contribution in [0.5, 0.6) is 0 Å². The van der Waals surface area contributed by atoms with Gasteiger partial charge in [0.1, 0.15) is 6.10 Å². The molecule has 2 heteroatoms. The lowest BCUT2D eigenvalue weighted by Gasteiger charge is -2.12. The normalized spacial score (nSPS) is 19.8. The second kappa shape index (κ2) is 3.86. The Morgan fingerprint density at radius 3 is 2.64 bits per heavy atom. The third kappa shape index (κ3) is 2.62. The third-order valence-corrected chi connectivity index (χ3v) is 1.95. The van der Waals surface area contributed by atoms with Gasteiger partial charge in [0.15, 0.2) is 5.78 Å². The quantitative estimate of drug-likeness (QED) is 0.606. The molecule has 64 valence electrons. The largest absolute Gasteiger partial charge is 0.370 e. The molecule has 1 rings (SSSR count). The summed E-state index contributed by atoms with van der Waals surface area (Å²) in [6.45, 7) is 4.41. The third-order valence-electron chi connectivity index (χ3n) is 1.95. The van der Waals surface area contributed by atoms with Crippen molar-refractivity contribution in [3.63, 3.8) is 0 Å². The second-order valence-corrected chi connectivity index (χ2v) is 3.24. The first kappa shape index (κ1) is 8.72. The highest BCUT2D eigenvalue weighted by atomic mass is 16.5. The molecule has 1 aliphatic carbocycles. The molecule has 0 amide bonds. The topological polar surface area (TPSA) is 26.3 Å². The van der Waals surface area contributed by atoms with Crippen LogP contribution in [0.4, 0.5) is 0 Å². The van der Waals surface area contributed by atoms with Gasteiger partial charge in [-0.25, -0.2) is 0 Å². The van der Waals surface area contributed by atoms with E-state index < -0.39 is 0 Å². The summed E-state index contributed by atoms with van der Waals surface area (Å²) in [5.41, 5.74) is 0. The highest BCUT2D eigenvalue weighted by Gasteiger charge is 2.34. The van der Waals surface area contributed by atoms with Gasteiger partial charge in [-0.2, -0.15) is 0 Å². The van der Waals surface area contributed by atoms with E-state index in [1.54, 1.807) is 6.92 Å². The zero-order valence-electron chi connectivity index (χ0n) is 7.30. The lowest BCUT2D eigenvalue weighted by Crippen LogP contribution is -2.24. The smallest absolute Gasteiger partial charge is 0.158 e. The van der Waals surface area contributed by atoms with Crippen molar-refractivity contribution in [2.45, 2.75) is 39.2 Å². The minimum Gasteiger partial charge on any atom is -0.370 e. The molecule has 1 unspecified atom stereocenters. The number of hydrogen-bond donors (Lipinski definition) is 0. The maximum atomic E-state index is 11.0. The molecule has 0 spiro atoms. The van der Waals surface area contributed by atoms with Crippen molar-refractivity contribution in [2.75, 3.05) is 6.61 Å². The average Bonchev–Trinajstić information content (AvgIpc) is 2.71. The molecule has 11 heavy (non-hydrogen) atoms. The summed E-state index contributed by atoms with van der Waals surface area (Å²) in [6.07, 6.45) is 3.26. The Labute approximate surface area is 67.9 Å². The molecule has 0 radical (unpaired) electrons. The van der Waals surface area contributed by atoms with E-state index in [1.807, 2.05) is 0 Å². The standard InChI is InChI=1S/C9H16O2/c1-3-6-11-9(7(2)10)8-4-5-8/h8-9H,3-6H2,1-2H3. The van der Waals surface area contributed by atoms with Gasteiger partial charge in [0.25, 0.3) is 0 Å². The van der Waals surface area contributed by atoms with Gasteiger partial charge in [-0.05, 0) is 32.1 Å². The van der Waals surface area contributed by atoms with Crippen molar-refractivity contribution in [1.82, 2.24) is 0 Å². The number of hydrogen-bond acceptors (Lipinski definition) is 2. The van der Waals surface area contributed by atoms with E-state index in [0.29, 0.717) is 5.92 Å². The molecule has 0 aliphatic heterocycles. The van der Waals surface area contributed by atoms with E-state index in [-0.39, 0.29) is 11.9 Å². The predicted molar refractivity (Wildman–Crippen MR) is 43.4 cm³/mol. The van der Waals surface area contributed by atoms with Gasteiger partial charge in [0.05, 0.1) is 0 Å². The maximum absolute atomic E-state index is 11.0. The first-order valence-corrected chi connectivity index (χ1v) is 4.37. The molecule has 1 atom stereocenters. The van der Waals surface area contributed by atoms with Crippen molar-refractivity contribution >= 4 is 5.78 Å². The lowest BCUT2D eigenvalue weighted by atomic mass is 10.1. The molecule has 1 saturated carbocycles. The zero-order chi connectivity index (χ0) is 8.27. The molecule has 1 aliphatic rings. The summed E-state index contributed by atoms with van der Waals surface area (Å²) in [5.74, 6) is 0.736. The van der Waals surface area contributed by atoms with Crippen LogP contribution in [0, 0.1) is 5.92 Å². The molecule has 0 bridgehead atoms. The molecular formula is C9H16O2. The summed E-state index contributed by atoms with van der Waals surface area (Å²) < 4.78 is 5.43. The minimum atomic E-state index is -0.0880. The van der Waals surface area contributed by atoms with Crippen LogP contribution in [0.15, 0.2) is 0 Å². The van der Waals surface area contributed by atoms with E-state index in [4.69, 9.17) is 4.74 Å². The summed E-state index contributed by atoms with van der Waals surface area (Å²) in [5, 5.41) is 0. The number of carbonyl (C=O) groups excluding carboxylic acids is 1. The van der Waals surface area contributed by atoms with E-state index in [1.165, 1.54) is 12.8 Å². The molecule has 0 aromatic carbocycles. The van der Waals surface area contributed by atoms with E-state index in [0.717, 1.165) is 13.0 Å². The van der Waals surface area contributed by atoms with Crippen molar-refractivity contribution in [3.8, 4) is 0 Å². The zero-order valence-corrected chi connectivity index (χ0v) is 7.30. The van der Waals surface area contributed by atoms with Gasteiger partial charge in [-0.15, -0.1) is 0 Å². The van der Waals surface area contributed by atoms with Crippen LogP contribution in [0.2, 0.25) is 0 Å². The summed E-state index contributed by atoms with van der Waals surface area (Å²) in [6, 6.07) is 0. The number of ketones is 1. The SMILES string of the molecule is CCCOC(C(C)=O)C1CC1. The molecule has 0 aromatic rings. The van der Waals surface area contributed by atoms with Crippen LogP contribution in [0.1, 0.15) is 33.1 Å². The van der Waals surface area contributed by atoms with Gasteiger partial charge in [-0.1, -0.05) is 6.92 Å². The second-order valence-electron chi connectivity index (χ2n) is 3.24. The average molecular weight is 156 g/mol. The fourth-order valence-electron chi connectivity index (χ4n) is 1.23. The summed E-state index contributed by atoms with van der Waals surface area (Å²) in [7, 11) is 0. The molecule has 0 heterocycles. The van der Waals surface area contributed by atoms with E-state index in [9.17, 15) is 4.79 Å². The summed E-state index contributed by atoms with van der Waals surface area (Å²) >= 11 is 0. The van der Waals surface area contributed by atoms with Gasteiger partial charge in [-0.3, -0.25) is 4.79 Å². The first-order chi connectivity index (χ1) is 5.25. The number of Topliss-reactive ketones (excluding diaryl/α,β-unsaturated/α-hetero) is 1. The van der Waals surface area contributed by atoms with Crippen molar-refractivity contribution in [1.29, 1.82) is 0 Å². The fourth-order valence-corrected chi connectivity index (χ4v) is 1.23. The van der Waals surface area contributed by atoms with Gasteiger partial charge in [0.2, 0.25) is 0 Å². The highest BCUT2D eigenvalue weighted by molar-refractivity contribution is 5.81. The van der Waals surface area contributed by atoms with Gasteiger partial charge in [0, 0.05) is 6.61 Å². The Kier molecular flexibility index (Phi) is 3.06. The molecule has 0 N–H and O–H groups in total. The predicted octanol–water partition coefficient (Wildman–Crippen LogP) is 1.78. The van der Waals surface area contributed by atoms with Crippen LogP contribution in [-0.4, -0.2) is 18.5 Å². The molecule has 1 fully saturated rings. The number of rotatable bonds is 5. The van der Waals surface area contributed by atoms with Gasteiger partial charge >= 0.3 is 0 Å². The molecular weight excluding hydrogens is 140 g/mol. The van der Waals surface area contributed by atoms with Crippen molar-refractivity contribution in [2.24, 2.45) is 5.92 Å². The molecule has 0 saturated heterocycles. The highest BCUT2D eigenvalue weighted by Crippen LogP contribution is 2.34. The Bertz CT molecular complexity index is 138. The van der Waals surface area contributed by atoms with Crippen LogP contribution < -0.4 is 0 Å². The minimum absolute atomic E-state index is 0.0880. The number of ether oxygens (including phenoxy) is 1. The Balaban J connectivity index is 2.26. The van der Waals surface area contributed by atoms with E-state index >= 15 is 0 Å². The molecule has 0 aromatic heterocycles. The fraction of sp³-hybridized carbons (Fsp3) is 0.889. The monoisotopic (exact) mass is 156 g/mol. The molecule has 2 nitrogen and oxygen atoms in total. The lowest BCUT2D eigenvalue weighted by molar-refractivity contribution is -0.129. The Morgan fingerprint density at radius 2 is 2.27 bits per heavy atom. The summed E-state index contributed by atoms with van der Waals surface area (Å²) in [4.78, 5) is 11.0.